The van der Waals surface area contributed by atoms with Crippen LogP contribution < -0.4 is 9.47 Å². The Bertz CT molecular complexity index is 722. The summed E-state index contributed by atoms with van der Waals surface area (Å²) in [5, 5.41) is 0. The number of hydrogen-bond donors (Lipinski definition) is 0. The minimum absolute atomic E-state index is 0.0478. The Labute approximate surface area is 155 Å². The molecular formula is C21H26N2O3. The van der Waals surface area contributed by atoms with Gasteiger partial charge < -0.3 is 14.4 Å². The molecule has 0 radical (unpaired) electrons. The molecule has 0 N–H and O–H groups in total. The number of aryl methyl sites for hydroxylation is 1. The van der Waals surface area contributed by atoms with Crippen LogP contribution in [-0.2, 0) is 11.3 Å². The summed E-state index contributed by atoms with van der Waals surface area (Å²) in [6.07, 6.45) is 0. The number of hydrogen-bond acceptors (Lipinski definition) is 4. The number of methoxy groups -OCH3 is 1. The van der Waals surface area contributed by atoms with Gasteiger partial charge in [-0.3, -0.25) is 9.69 Å². The van der Waals surface area contributed by atoms with Gasteiger partial charge in [0.15, 0.2) is 6.61 Å². The molecule has 1 fully saturated rings. The first-order valence-corrected chi connectivity index (χ1v) is 8.96. The van der Waals surface area contributed by atoms with Gasteiger partial charge in [-0.2, -0.15) is 0 Å². The van der Waals surface area contributed by atoms with Crippen molar-refractivity contribution < 1.29 is 14.3 Å². The number of ether oxygens (including phenoxy) is 2. The normalized spacial score (nSPS) is 14.9. The summed E-state index contributed by atoms with van der Waals surface area (Å²) in [6.45, 7) is 6.21. The molecule has 1 aliphatic heterocycles. The molecule has 0 aromatic heterocycles. The molecule has 0 aliphatic carbocycles. The van der Waals surface area contributed by atoms with Crippen molar-refractivity contribution in [2.45, 2.75) is 13.5 Å². The number of amides is 1. The molecule has 0 bridgehead atoms. The highest BCUT2D eigenvalue weighted by molar-refractivity contribution is 5.77. The first-order valence-electron chi connectivity index (χ1n) is 8.96. The maximum atomic E-state index is 12.4. The van der Waals surface area contributed by atoms with E-state index in [-0.39, 0.29) is 12.5 Å². The molecule has 1 amide bonds. The molecule has 138 valence electrons. The van der Waals surface area contributed by atoms with E-state index >= 15 is 0 Å². The second-order valence-corrected chi connectivity index (χ2v) is 6.61. The maximum Gasteiger partial charge on any atom is 0.260 e. The number of rotatable bonds is 6. The Hall–Kier alpha value is -2.53. The van der Waals surface area contributed by atoms with E-state index in [1.165, 1.54) is 11.1 Å². The van der Waals surface area contributed by atoms with E-state index in [4.69, 9.17) is 9.47 Å². The third-order valence-electron chi connectivity index (χ3n) is 4.65. The first-order chi connectivity index (χ1) is 12.6. The SMILES string of the molecule is COc1cccc(CN2CCN(C(=O)COc3ccc(C)cc3)CC2)c1. The zero-order chi connectivity index (χ0) is 18.4. The Morgan fingerprint density at radius 1 is 1.00 bits per heavy atom. The Balaban J connectivity index is 1.43. The third-order valence-corrected chi connectivity index (χ3v) is 4.65. The highest BCUT2D eigenvalue weighted by Gasteiger charge is 2.21. The fraction of sp³-hybridized carbons (Fsp3) is 0.381. The van der Waals surface area contributed by atoms with Crippen molar-refractivity contribution in [1.82, 2.24) is 9.80 Å². The highest BCUT2D eigenvalue weighted by Crippen LogP contribution is 2.16. The van der Waals surface area contributed by atoms with Crippen LogP contribution in [0.3, 0.4) is 0 Å². The van der Waals surface area contributed by atoms with Gasteiger partial charge in [0.25, 0.3) is 5.91 Å². The molecule has 3 rings (SSSR count). The number of carbonyl (C=O) groups is 1. The zero-order valence-electron chi connectivity index (χ0n) is 15.5. The van der Waals surface area contributed by atoms with Crippen LogP contribution in [0.15, 0.2) is 48.5 Å². The van der Waals surface area contributed by atoms with Gasteiger partial charge >= 0.3 is 0 Å². The second-order valence-electron chi connectivity index (χ2n) is 6.61. The second kappa shape index (κ2) is 8.72. The first kappa shape index (κ1) is 18.3. The topological polar surface area (TPSA) is 42.0 Å². The van der Waals surface area contributed by atoms with Crippen LogP contribution in [0, 0.1) is 6.92 Å². The highest BCUT2D eigenvalue weighted by atomic mass is 16.5. The van der Waals surface area contributed by atoms with Gasteiger partial charge in [-0.25, -0.2) is 0 Å². The number of piperazine rings is 1. The fourth-order valence-electron chi connectivity index (χ4n) is 3.06. The van der Waals surface area contributed by atoms with Crippen molar-refractivity contribution in [3.63, 3.8) is 0 Å². The molecule has 1 saturated heterocycles. The van der Waals surface area contributed by atoms with Crippen molar-refractivity contribution in [2.75, 3.05) is 39.9 Å². The standard InChI is InChI=1S/C21H26N2O3/c1-17-6-8-19(9-7-17)26-16-21(24)23-12-10-22(11-13-23)15-18-4-3-5-20(14-18)25-2/h3-9,14H,10-13,15-16H2,1-2H3. The van der Waals surface area contributed by atoms with Crippen molar-refractivity contribution in [3.8, 4) is 11.5 Å². The quantitative estimate of drug-likeness (QED) is 0.800. The van der Waals surface area contributed by atoms with Gasteiger partial charge in [0, 0.05) is 32.7 Å². The lowest BCUT2D eigenvalue weighted by Gasteiger charge is -2.34. The fourth-order valence-corrected chi connectivity index (χ4v) is 3.06. The smallest absolute Gasteiger partial charge is 0.260 e. The van der Waals surface area contributed by atoms with Crippen molar-refractivity contribution >= 4 is 5.91 Å². The molecule has 0 unspecified atom stereocenters. The summed E-state index contributed by atoms with van der Waals surface area (Å²) in [6, 6.07) is 15.9. The largest absolute Gasteiger partial charge is 0.497 e. The van der Waals surface area contributed by atoms with Crippen LogP contribution >= 0.6 is 0 Å². The molecule has 2 aromatic carbocycles. The molecule has 1 heterocycles. The van der Waals surface area contributed by atoms with Gasteiger partial charge in [-0.15, -0.1) is 0 Å². The van der Waals surface area contributed by atoms with E-state index in [1.807, 2.05) is 48.2 Å². The summed E-state index contributed by atoms with van der Waals surface area (Å²) < 4.78 is 10.9. The lowest BCUT2D eigenvalue weighted by Crippen LogP contribution is -2.49. The zero-order valence-corrected chi connectivity index (χ0v) is 15.5. The monoisotopic (exact) mass is 354 g/mol. The van der Waals surface area contributed by atoms with E-state index in [1.54, 1.807) is 7.11 Å². The Morgan fingerprint density at radius 2 is 1.73 bits per heavy atom. The van der Waals surface area contributed by atoms with E-state index in [0.29, 0.717) is 0 Å². The average molecular weight is 354 g/mol. The van der Waals surface area contributed by atoms with Gasteiger partial charge in [-0.05, 0) is 36.8 Å². The van der Waals surface area contributed by atoms with Crippen LogP contribution in [0.25, 0.3) is 0 Å². The predicted octanol–water partition coefficient (Wildman–Crippen LogP) is 2.73. The minimum atomic E-state index is 0.0478. The summed E-state index contributed by atoms with van der Waals surface area (Å²) in [5.41, 5.74) is 2.41. The van der Waals surface area contributed by atoms with Crippen LogP contribution in [0.4, 0.5) is 0 Å². The van der Waals surface area contributed by atoms with E-state index < -0.39 is 0 Å². The third kappa shape index (κ3) is 4.99. The molecule has 0 spiro atoms. The number of carbonyl (C=O) groups excluding carboxylic acids is 1. The molecular weight excluding hydrogens is 328 g/mol. The Kier molecular flexibility index (Phi) is 6.12. The molecule has 1 aliphatic rings. The molecule has 0 saturated carbocycles. The van der Waals surface area contributed by atoms with Crippen LogP contribution in [-0.4, -0.2) is 55.6 Å². The van der Waals surface area contributed by atoms with Crippen molar-refractivity contribution in [1.29, 1.82) is 0 Å². The van der Waals surface area contributed by atoms with Crippen LogP contribution in [0.1, 0.15) is 11.1 Å². The molecule has 2 aromatic rings. The van der Waals surface area contributed by atoms with E-state index in [0.717, 1.165) is 44.2 Å². The number of benzene rings is 2. The molecule has 5 heteroatoms. The van der Waals surface area contributed by atoms with Gasteiger partial charge in [-0.1, -0.05) is 29.8 Å². The maximum absolute atomic E-state index is 12.4. The Morgan fingerprint density at radius 3 is 2.42 bits per heavy atom. The minimum Gasteiger partial charge on any atom is -0.497 e. The molecule has 26 heavy (non-hydrogen) atoms. The van der Waals surface area contributed by atoms with Gasteiger partial charge in [0.1, 0.15) is 11.5 Å². The summed E-state index contributed by atoms with van der Waals surface area (Å²) >= 11 is 0. The number of nitrogens with zero attached hydrogens (tertiary/aromatic N) is 2. The average Bonchev–Trinajstić information content (AvgIpc) is 2.68. The van der Waals surface area contributed by atoms with Gasteiger partial charge in [0.2, 0.25) is 0 Å². The summed E-state index contributed by atoms with van der Waals surface area (Å²) in [7, 11) is 1.68. The van der Waals surface area contributed by atoms with Gasteiger partial charge in [0.05, 0.1) is 7.11 Å². The molecule has 5 nitrogen and oxygen atoms in total. The van der Waals surface area contributed by atoms with Crippen molar-refractivity contribution in [3.05, 3.63) is 59.7 Å². The van der Waals surface area contributed by atoms with Crippen LogP contribution in [0.5, 0.6) is 11.5 Å². The predicted molar refractivity (Wildman–Crippen MR) is 102 cm³/mol. The summed E-state index contributed by atoms with van der Waals surface area (Å²) in [4.78, 5) is 16.6. The molecule has 0 atom stereocenters. The van der Waals surface area contributed by atoms with E-state index in [9.17, 15) is 4.79 Å². The van der Waals surface area contributed by atoms with Crippen molar-refractivity contribution in [2.24, 2.45) is 0 Å². The lowest BCUT2D eigenvalue weighted by molar-refractivity contribution is -0.135. The van der Waals surface area contributed by atoms with E-state index in [2.05, 4.69) is 17.0 Å². The lowest BCUT2D eigenvalue weighted by atomic mass is 10.2. The summed E-state index contributed by atoms with van der Waals surface area (Å²) in [5.74, 6) is 1.66. The van der Waals surface area contributed by atoms with Crippen LogP contribution in [0.2, 0.25) is 0 Å².